The summed E-state index contributed by atoms with van der Waals surface area (Å²) in [6.45, 7) is 0. The molecule has 0 aliphatic rings. The minimum atomic E-state index is -3.96. The van der Waals surface area contributed by atoms with Gasteiger partial charge in [0.1, 0.15) is 10.7 Å². The van der Waals surface area contributed by atoms with Gasteiger partial charge in [-0.15, -0.1) is 0 Å². The van der Waals surface area contributed by atoms with Gasteiger partial charge in [-0.25, -0.2) is 12.8 Å². The summed E-state index contributed by atoms with van der Waals surface area (Å²) in [7, 11) is -3.96. The summed E-state index contributed by atoms with van der Waals surface area (Å²) >= 11 is 6.48. The molecule has 1 N–H and O–H groups in total. The van der Waals surface area contributed by atoms with Crippen LogP contribution in [-0.2, 0) is 10.0 Å². The third kappa shape index (κ3) is 3.34. The van der Waals surface area contributed by atoms with Gasteiger partial charge >= 0.3 is 0 Å². The Labute approximate surface area is 127 Å². The van der Waals surface area contributed by atoms with E-state index in [9.17, 15) is 12.8 Å². The van der Waals surface area contributed by atoms with Crippen LogP contribution in [0.5, 0.6) is 0 Å². The van der Waals surface area contributed by atoms with E-state index in [-0.39, 0.29) is 4.90 Å². The Hall–Kier alpha value is -0.920. The molecule has 0 spiro atoms. The summed E-state index contributed by atoms with van der Waals surface area (Å²) in [4.78, 5) is -0.387. The molecular formula is C12H8Br2FNO2S. The Morgan fingerprint density at radius 1 is 1.05 bits per heavy atom. The molecule has 0 unspecified atom stereocenters. The van der Waals surface area contributed by atoms with Crippen molar-refractivity contribution < 1.29 is 12.8 Å². The molecule has 19 heavy (non-hydrogen) atoms. The highest BCUT2D eigenvalue weighted by atomic mass is 79.9. The number of hydrogen-bond acceptors (Lipinski definition) is 2. The minimum absolute atomic E-state index is 0.331. The molecule has 0 amide bonds. The first-order valence-electron chi connectivity index (χ1n) is 5.12. The average molecular weight is 409 g/mol. The number of rotatable bonds is 3. The smallest absolute Gasteiger partial charge is 0.264 e. The third-order valence-corrected chi connectivity index (χ3v) is 4.88. The van der Waals surface area contributed by atoms with E-state index in [0.29, 0.717) is 14.6 Å². The van der Waals surface area contributed by atoms with Gasteiger partial charge in [-0.1, -0.05) is 28.1 Å². The van der Waals surface area contributed by atoms with Crippen molar-refractivity contribution in [2.24, 2.45) is 0 Å². The first kappa shape index (κ1) is 14.5. The molecule has 0 bridgehead atoms. The van der Waals surface area contributed by atoms with Crippen LogP contribution in [0.25, 0.3) is 0 Å². The first-order chi connectivity index (χ1) is 8.90. The van der Waals surface area contributed by atoms with Gasteiger partial charge in [0.05, 0.1) is 5.69 Å². The molecule has 0 saturated heterocycles. The molecule has 0 aliphatic heterocycles. The lowest BCUT2D eigenvalue weighted by molar-refractivity contribution is 0.570. The summed E-state index contributed by atoms with van der Waals surface area (Å²) in [6.07, 6.45) is 0. The molecule has 0 saturated carbocycles. The lowest BCUT2D eigenvalue weighted by Gasteiger charge is -2.10. The quantitative estimate of drug-likeness (QED) is 0.828. The van der Waals surface area contributed by atoms with Crippen LogP contribution in [0.1, 0.15) is 0 Å². The minimum Gasteiger partial charge on any atom is -0.278 e. The fourth-order valence-electron chi connectivity index (χ4n) is 1.44. The van der Waals surface area contributed by atoms with Gasteiger partial charge < -0.3 is 0 Å². The van der Waals surface area contributed by atoms with Crippen LogP contribution in [0, 0.1) is 5.82 Å². The average Bonchev–Trinajstić information content (AvgIpc) is 2.34. The molecular weight excluding hydrogens is 401 g/mol. The SMILES string of the molecule is O=S(=O)(Nc1cc(Br)ccc1Br)c1ccccc1F. The Bertz CT molecular complexity index is 719. The molecule has 2 aromatic rings. The number of anilines is 1. The molecule has 2 rings (SSSR count). The van der Waals surface area contributed by atoms with E-state index >= 15 is 0 Å². The maximum absolute atomic E-state index is 13.5. The number of halogens is 3. The van der Waals surface area contributed by atoms with Gasteiger partial charge in [0.25, 0.3) is 10.0 Å². The van der Waals surface area contributed by atoms with Crippen LogP contribution in [0.15, 0.2) is 56.3 Å². The molecule has 0 heterocycles. The van der Waals surface area contributed by atoms with E-state index in [1.165, 1.54) is 18.2 Å². The molecule has 0 atom stereocenters. The Morgan fingerprint density at radius 3 is 2.42 bits per heavy atom. The fraction of sp³-hybridized carbons (Fsp3) is 0. The number of nitrogens with one attached hydrogen (secondary N) is 1. The highest BCUT2D eigenvalue weighted by Crippen LogP contribution is 2.28. The van der Waals surface area contributed by atoms with E-state index in [1.807, 2.05) is 0 Å². The van der Waals surface area contributed by atoms with E-state index in [1.54, 1.807) is 18.2 Å². The highest BCUT2D eigenvalue weighted by Gasteiger charge is 2.19. The highest BCUT2D eigenvalue weighted by molar-refractivity contribution is 9.11. The van der Waals surface area contributed by atoms with Gasteiger partial charge in [0.15, 0.2) is 0 Å². The predicted molar refractivity (Wildman–Crippen MR) is 79.1 cm³/mol. The van der Waals surface area contributed by atoms with Crippen LogP contribution in [0.2, 0.25) is 0 Å². The van der Waals surface area contributed by atoms with E-state index in [2.05, 4.69) is 36.6 Å². The molecule has 0 radical (unpaired) electrons. The molecule has 2 aromatic carbocycles. The van der Waals surface area contributed by atoms with Gasteiger partial charge in [0, 0.05) is 8.95 Å². The Kier molecular flexibility index (Phi) is 4.27. The molecule has 7 heteroatoms. The van der Waals surface area contributed by atoms with E-state index in [4.69, 9.17) is 0 Å². The molecule has 0 fully saturated rings. The second-order valence-electron chi connectivity index (χ2n) is 3.66. The zero-order valence-electron chi connectivity index (χ0n) is 9.40. The third-order valence-electron chi connectivity index (χ3n) is 2.30. The van der Waals surface area contributed by atoms with Gasteiger partial charge in [-0.3, -0.25) is 4.72 Å². The summed E-state index contributed by atoms with van der Waals surface area (Å²) in [5.74, 6) is -0.791. The van der Waals surface area contributed by atoms with Crippen LogP contribution in [0.3, 0.4) is 0 Å². The largest absolute Gasteiger partial charge is 0.278 e. The van der Waals surface area contributed by atoms with Crippen molar-refractivity contribution >= 4 is 47.6 Å². The lowest BCUT2D eigenvalue weighted by Crippen LogP contribution is -2.14. The number of sulfonamides is 1. The van der Waals surface area contributed by atoms with Crippen LogP contribution < -0.4 is 4.72 Å². The van der Waals surface area contributed by atoms with Crippen LogP contribution in [-0.4, -0.2) is 8.42 Å². The summed E-state index contributed by atoms with van der Waals surface area (Å²) in [5, 5.41) is 0. The van der Waals surface area contributed by atoms with E-state index in [0.717, 1.165) is 6.07 Å². The van der Waals surface area contributed by atoms with Crippen molar-refractivity contribution in [3.63, 3.8) is 0 Å². The zero-order valence-corrected chi connectivity index (χ0v) is 13.4. The van der Waals surface area contributed by atoms with Crippen molar-refractivity contribution in [3.05, 3.63) is 57.2 Å². The predicted octanol–water partition coefficient (Wildman–Crippen LogP) is 4.15. The van der Waals surface area contributed by atoms with Gasteiger partial charge in [-0.05, 0) is 46.3 Å². The van der Waals surface area contributed by atoms with Crippen molar-refractivity contribution in [3.8, 4) is 0 Å². The topological polar surface area (TPSA) is 46.2 Å². The van der Waals surface area contributed by atoms with Crippen LogP contribution in [0.4, 0.5) is 10.1 Å². The Balaban J connectivity index is 2.43. The fourth-order valence-corrected chi connectivity index (χ4v) is 3.43. The first-order valence-corrected chi connectivity index (χ1v) is 8.19. The zero-order chi connectivity index (χ0) is 14.0. The van der Waals surface area contributed by atoms with Crippen LogP contribution >= 0.6 is 31.9 Å². The molecule has 100 valence electrons. The van der Waals surface area contributed by atoms with Crippen molar-refractivity contribution in [2.75, 3.05) is 4.72 Å². The monoisotopic (exact) mass is 407 g/mol. The maximum Gasteiger partial charge on any atom is 0.264 e. The van der Waals surface area contributed by atoms with Crippen molar-refractivity contribution in [1.29, 1.82) is 0 Å². The molecule has 3 nitrogen and oxygen atoms in total. The maximum atomic E-state index is 13.5. The number of hydrogen-bond donors (Lipinski definition) is 1. The molecule has 0 aliphatic carbocycles. The second-order valence-corrected chi connectivity index (χ2v) is 7.08. The van der Waals surface area contributed by atoms with Crippen molar-refractivity contribution in [1.82, 2.24) is 0 Å². The van der Waals surface area contributed by atoms with Gasteiger partial charge in [-0.2, -0.15) is 0 Å². The lowest BCUT2D eigenvalue weighted by atomic mass is 10.3. The van der Waals surface area contributed by atoms with Crippen molar-refractivity contribution in [2.45, 2.75) is 4.90 Å². The normalized spacial score (nSPS) is 11.3. The standard InChI is InChI=1S/C12H8Br2FNO2S/c13-8-5-6-9(14)11(7-8)16-19(17,18)12-4-2-1-3-10(12)15/h1-7,16H. The van der Waals surface area contributed by atoms with E-state index < -0.39 is 15.8 Å². The van der Waals surface area contributed by atoms with Gasteiger partial charge in [0.2, 0.25) is 0 Å². The Morgan fingerprint density at radius 2 is 1.74 bits per heavy atom. The summed E-state index contributed by atoms with van der Waals surface area (Å²) in [5.41, 5.74) is 0.331. The summed E-state index contributed by atoms with van der Waals surface area (Å²) in [6, 6.07) is 10.2. The molecule has 0 aromatic heterocycles. The number of benzene rings is 2. The second kappa shape index (κ2) is 5.60. The summed E-state index contributed by atoms with van der Waals surface area (Å²) < 4.78 is 41.3.